The molecular formula is C20H20N2O4. The highest BCUT2D eigenvalue weighted by Crippen LogP contribution is 2.37. The number of carbonyl (C=O) groups is 2. The van der Waals surface area contributed by atoms with Crippen LogP contribution in [0.3, 0.4) is 0 Å². The van der Waals surface area contributed by atoms with Crippen LogP contribution < -0.4 is 14.8 Å². The van der Waals surface area contributed by atoms with Crippen LogP contribution in [0.25, 0.3) is 0 Å². The normalized spacial score (nSPS) is 15.5. The lowest BCUT2D eigenvalue weighted by Crippen LogP contribution is -2.45. The molecule has 1 aliphatic heterocycles. The van der Waals surface area contributed by atoms with Gasteiger partial charge in [0, 0.05) is 6.54 Å². The first kappa shape index (κ1) is 17.5. The van der Waals surface area contributed by atoms with Crippen LogP contribution in [0.4, 0.5) is 4.79 Å². The van der Waals surface area contributed by atoms with E-state index in [0.717, 1.165) is 4.90 Å². The number of amides is 3. The molecule has 0 saturated carbocycles. The maximum Gasteiger partial charge on any atom is 0.325 e. The Hall–Kier alpha value is -3.28. The second kappa shape index (κ2) is 6.92. The summed E-state index contributed by atoms with van der Waals surface area (Å²) in [4.78, 5) is 26.9. The molecule has 134 valence electrons. The van der Waals surface area contributed by atoms with Crippen molar-refractivity contribution in [2.45, 2.75) is 5.54 Å². The SMILES string of the molecule is C=CCN1C(=O)NC(c2ccc(OC)cc2)(c2ccc(OC)cc2)C1=O. The van der Waals surface area contributed by atoms with Gasteiger partial charge in [0.2, 0.25) is 0 Å². The van der Waals surface area contributed by atoms with Crippen molar-refractivity contribution in [3.63, 3.8) is 0 Å². The molecule has 0 unspecified atom stereocenters. The zero-order valence-electron chi connectivity index (χ0n) is 14.7. The molecule has 0 spiro atoms. The maximum atomic E-state index is 13.3. The molecule has 1 aliphatic rings. The number of hydrogen-bond acceptors (Lipinski definition) is 4. The highest BCUT2D eigenvalue weighted by Gasteiger charge is 2.53. The van der Waals surface area contributed by atoms with Gasteiger partial charge in [0.15, 0.2) is 5.54 Å². The molecule has 1 saturated heterocycles. The van der Waals surface area contributed by atoms with Crippen LogP contribution in [0.1, 0.15) is 11.1 Å². The molecule has 2 aromatic carbocycles. The van der Waals surface area contributed by atoms with E-state index < -0.39 is 11.6 Å². The molecule has 6 heteroatoms. The van der Waals surface area contributed by atoms with E-state index in [-0.39, 0.29) is 12.5 Å². The fourth-order valence-corrected chi connectivity index (χ4v) is 3.11. The number of urea groups is 1. The minimum atomic E-state index is -1.31. The third-order valence-electron chi connectivity index (χ3n) is 4.46. The molecule has 1 fully saturated rings. The monoisotopic (exact) mass is 352 g/mol. The molecule has 2 aromatic rings. The van der Waals surface area contributed by atoms with Gasteiger partial charge in [-0.3, -0.25) is 9.69 Å². The van der Waals surface area contributed by atoms with E-state index in [1.807, 2.05) is 0 Å². The Morgan fingerprint density at radius 1 is 0.962 bits per heavy atom. The Labute approximate surface area is 152 Å². The van der Waals surface area contributed by atoms with Gasteiger partial charge in [-0.25, -0.2) is 4.79 Å². The maximum absolute atomic E-state index is 13.3. The van der Waals surface area contributed by atoms with Gasteiger partial charge in [0.05, 0.1) is 14.2 Å². The minimum Gasteiger partial charge on any atom is -0.497 e. The van der Waals surface area contributed by atoms with Crippen LogP contribution in [0.5, 0.6) is 11.5 Å². The van der Waals surface area contributed by atoms with Crippen LogP contribution in [-0.4, -0.2) is 37.6 Å². The van der Waals surface area contributed by atoms with Gasteiger partial charge in [0.25, 0.3) is 5.91 Å². The van der Waals surface area contributed by atoms with Crippen molar-refractivity contribution in [3.8, 4) is 11.5 Å². The standard InChI is InChI=1S/C20H20N2O4/c1-4-13-22-18(23)20(21-19(22)24,14-5-9-16(25-2)10-6-14)15-7-11-17(26-3)12-8-15/h4-12H,1,13H2,2-3H3,(H,21,24). The van der Waals surface area contributed by atoms with E-state index in [0.29, 0.717) is 22.6 Å². The highest BCUT2D eigenvalue weighted by molar-refractivity contribution is 6.09. The Kier molecular flexibility index (Phi) is 4.67. The summed E-state index contributed by atoms with van der Waals surface area (Å²) in [7, 11) is 3.14. The quantitative estimate of drug-likeness (QED) is 0.641. The number of ether oxygens (including phenoxy) is 2. The van der Waals surface area contributed by atoms with Crippen molar-refractivity contribution in [2.75, 3.05) is 20.8 Å². The second-order valence-corrected chi connectivity index (χ2v) is 5.84. The van der Waals surface area contributed by atoms with Gasteiger partial charge >= 0.3 is 6.03 Å². The third-order valence-corrected chi connectivity index (χ3v) is 4.46. The number of methoxy groups -OCH3 is 2. The predicted octanol–water partition coefficient (Wildman–Crippen LogP) is 2.69. The van der Waals surface area contributed by atoms with Gasteiger partial charge in [-0.15, -0.1) is 6.58 Å². The number of carbonyl (C=O) groups excluding carboxylic acids is 2. The highest BCUT2D eigenvalue weighted by atomic mass is 16.5. The second-order valence-electron chi connectivity index (χ2n) is 5.84. The van der Waals surface area contributed by atoms with E-state index in [2.05, 4.69) is 11.9 Å². The molecule has 0 radical (unpaired) electrons. The molecule has 0 aromatic heterocycles. The Morgan fingerprint density at radius 2 is 1.42 bits per heavy atom. The molecule has 6 nitrogen and oxygen atoms in total. The first-order valence-electron chi connectivity index (χ1n) is 8.11. The van der Waals surface area contributed by atoms with E-state index in [1.54, 1.807) is 62.8 Å². The zero-order chi connectivity index (χ0) is 18.7. The van der Waals surface area contributed by atoms with Crippen molar-refractivity contribution in [1.82, 2.24) is 10.2 Å². The third kappa shape index (κ3) is 2.69. The number of rotatable bonds is 6. The molecule has 1 heterocycles. The van der Waals surface area contributed by atoms with E-state index >= 15 is 0 Å². The number of nitrogens with one attached hydrogen (secondary N) is 1. The predicted molar refractivity (Wildman–Crippen MR) is 97.2 cm³/mol. The van der Waals surface area contributed by atoms with Crippen molar-refractivity contribution in [3.05, 3.63) is 72.3 Å². The average molecular weight is 352 g/mol. The fourth-order valence-electron chi connectivity index (χ4n) is 3.11. The summed E-state index contributed by atoms with van der Waals surface area (Å²) >= 11 is 0. The summed E-state index contributed by atoms with van der Waals surface area (Å²) in [6, 6.07) is 13.7. The zero-order valence-corrected chi connectivity index (χ0v) is 14.7. The average Bonchev–Trinajstić information content (AvgIpc) is 2.94. The Morgan fingerprint density at radius 3 is 1.81 bits per heavy atom. The summed E-state index contributed by atoms with van der Waals surface area (Å²) in [5.41, 5.74) is -0.0136. The van der Waals surface area contributed by atoms with Crippen LogP contribution >= 0.6 is 0 Å². The molecule has 26 heavy (non-hydrogen) atoms. The summed E-state index contributed by atoms with van der Waals surface area (Å²) in [6.45, 7) is 3.76. The van der Waals surface area contributed by atoms with E-state index in [9.17, 15) is 9.59 Å². The largest absolute Gasteiger partial charge is 0.497 e. The lowest BCUT2D eigenvalue weighted by molar-refractivity contribution is -0.129. The molecule has 0 aliphatic carbocycles. The number of nitrogens with zero attached hydrogens (tertiary/aromatic N) is 1. The molecule has 3 rings (SSSR count). The smallest absolute Gasteiger partial charge is 0.325 e. The van der Waals surface area contributed by atoms with Gasteiger partial charge < -0.3 is 14.8 Å². The molecule has 1 N–H and O–H groups in total. The lowest BCUT2D eigenvalue weighted by Gasteiger charge is -2.28. The van der Waals surface area contributed by atoms with E-state index in [4.69, 9.17) is 9.47 Å². The van der Waals surface area contributed by atoms with Gasteiger partial charge in [-0.1, -0.05) is 30.3 Å². The number of imide groups is 1. The minimum absolute atomic E-state index is 0.138. The molecule has 3 amide bonds. The molecule has 0 bridgehead atoms. The van der Waals surface area contributed by atoms with Crippen LogP contribution in [0, 0.1) is 0 Å². The van der Waals surface area contributed by atoms with Crippen molar-refractivity contribution >= 4 is 11.9 Å². The van der Waals surface area contributed by atoms with Gasteiger partial charge in [-0.2, -0.15) is 0 Å². The van der Waals surface area contributed by atoms with Crippen LogP contribution in [-0.2, 0) is 10.3 Å². The first-order chi connectivity index (χ1) is 12.6. The lowest BCUT2D eigenvalue weighted by atomic mass is 9.82. The Bertz CT molecular complexity index is 780. The molecular weight excluding hydrogens is 332 g/mol. The van der Waals surface area contributed by atoms with Crippen LogP contribution in [0.15, 0.2) is 61.2 Å². The van der Waals surface area contributed by atoms with Crippen LogP contribution in [0.2, 0.25) is 0 Å². The Balaban J connectivity index is 2.16. The summed E-state index contributed by atoms with van der Waals surface area (Å²) in [5, 5.41) is 2.87. The van der Waals surface area contributed by atoms with Crippen molar-refractivity contribution in [1.29, 1.82) is 0 Å². The summed E-state index contributed by atoms with van der Waals surface area (Å²) in [6.07, 6.45) is 1.52. The van der Waals surface area contributed by atoms with E-state index in [1.165, 1.54) is 6.08 Å². The molecule has 0 atom stereocenters. The van der Waals surface area contributed by atoms with Crippen molar-refractivity contribution in [2.24, 2.45) is 0 Å². The first-order valence-corrected chi connectivity index (χ1v) is 8.11. The number of benzene rings is 2. The number of hydrogen-bond donors (Lipinski definition) is 1. The van der Waals surface area contributed by atoms with Crippen molar-refractivity contribution < 1.29 is 19.1 Å². The van der Waals surface area contributed by atoms with Gasteiger partial charge in [-0.05, 0) is 35.4 Å². The topological polar surface area (TPSA) is 67.9 Å². The summed E-state index contributed by atoms with van der Waals surface area (Å²) in [5.74, 6) is 0.981. The summed E-state index contributed by atoms with van der Waals surface area (Å²) < 4.78 is 10.4. The fraction of sp³-hybridized carbons (Fsp3) is 0.200. The van der Waals surface area contributed by atoms with Gasteiger partial charge in [0.1, 0.15) is 11.5 Å².